The second-order valence-corrected chi connectivity index (χ2v) is 4.97. The molecule has 6 heteroatoms. The van der Waals surface area contributed by atoms with Gasteiger partial charge in [-0.3, -0.25) is 0 Å². The molecule has 6 nitrogen and oxygen atoms in total. The Kier molecular flexibility index (Phi) is 5.15. The van der Waals surface area contributed by atoms with Gasteiger partial charge < -0.3 is 20.9 Å². The maximum absolute atomic E-state index is 9.18. The average molecular weight is 254 g/mol. The molecule has 18 heavy (non-hydrogen) atoms. The molecule has 1 aromatic rings. The molecule has 4 N–H and O–H groups in total. The summed E-state index contributed by atoms with van der Waals surface area (Å²) in [5, 5.41) is 12.3. The van der Waals surface area contributed by atoms with Crippen LogP contribution in [0.25, 0.3) is 0 Å². The van der Waals surface area contributed by atoms with E-state index in [1.165, 1.54) is 6.33 Å². The molecule has 0 atom stereocenters. The quantitative estimate of drug-likeness (QED) is 0.678. The summed E-state index contributed by atoms with van der Waals surface area (Å²) in [5.41, 5.74) is 6.09. The highest BCUT2D eigenvalue weighted by Gasteiger charge is 2.17. The van der Waals surface area contributed by atoms with Crippen molar-refractivity contribution in [1.82, 2.24) is 9.97 Å². The van der Waals surface area contributed by atoms with Gasteiger partial charge >= 0.3 is 0 Å². The number of rotatable bonds is 7. The summed E-state index contributed by atoms with van der Waals surface area (Å²) in [4.78, 5) is 8.07. The molecule has 0 aliphatic rings. The molecule has 1 rings (SSSR count). The van der Waals surface area contributed by atoms with E-state index in [4.69, 9.17) is 10.5 Å². The zero-order valence-electron chi connectivity index (χ0n) is 11.2. The molecule has 0 aromatic carbocycles. The third kappa shape index (κ3) is 4.03. The second kappa shape index (κ2) is 6.39. The molecule has 0 spiro atoms. The summed E-state index contributed by atoms with van der Waals surface area (Å²) in [7, 11) is 0. The van der Waals surface area contributed by atoms with Gasteiger partial charge in [0.15, 0.2) is 5.82 Å². The van der Waals surface area contributed by atoms with Crippen molar-refractivity contribution in [2.75, 3.05) is 30.8 Å². The molecule has 0 aliphatic carbocycles. The van der Waals surface area contributed by atoms with Crippen LogP contribution in [-0.2, 0) is 0 Å². The van der Waals surface area contributed by atoms with Crippen molar-refractivity contribution in [3.05, 3.63) is 6.33 Å². The Bertz CT molecular complexity index is 382. The van der Waals surface area contributed by atoms with Gasteiger partial charge in [-0.15, -0.1) is 0 Å². The van der Waals surface area contributed by atoms with Gasteiger partial charge in [0.05, 0.1) is 6.61 Å². The van der Waals surface area contributed by atoms with Gasteiger partial charge in [-0.1, -0.05) is 20.8 Å². The molecule has 0 fully saturated rings. The fraction of sp³-hybridized carbons (Fsp3) is 0.667. The van der Waals surface area contributed by atoms with Gasteiger partial charge in [0.1, 0.15) is 12.0 Å². The van der Waals surface area contributed by atoms with E-state index in [-0.39, 0.29) is 12.0 Å². The number of hydrogen-bond donors (Lipinski definition) is 3. The number of ether oxygens (including phenoxy) is 1. The summed E-state index contributed by atoms with van der Waals surface area (Å²) in [6.45, 7) is 7.14. The van der Waals surface area contributed by atoms with E-state index in [1.807, 2.05) is 20.8 Å². The van der Waals surface area contributed by atoms with Crippen LogP contribution in [0, 0.1) is 5.41 Å². The van der Waals surface area contributed by atoms with Gasteiger partial charge in [-0.2, -0.15) is 4.98 Å². The van der Waals surface area contributed by atoms with Gasteiger partial charge in [0.2, 0.25) is 5.88 Å². The molecular weight excluding hydrogens is 232 g/mol. The van der Waals surface area contributed by atoms with Gasteiger partial charge in [0.25, 0.3) is 0 Å². The van der Waals surface area contributed by atoms with Crippen LogP contribution >= 0.6 is 0 Å². The summed E-state index contributed by atoms with van der Waals surface area (Å²) < 4.78 is 5.42. The van der Waals surface area contributed by atoms with E-state index in [0.717, 1.165) is 6.42 Å². The Balaban J connectivity index is 2.71. The number of nitrogen functional groups attached to an aromatic ring is 1. The van der Waals surface area contributed by atoms with Crippen molar-refractivity contribution in [3.63, 3.8) is 0 Å². The minimum atomic E-state index is -0.234. The standard InChI is InChI=1S/C12H22N4O2/c1-4-5-18-11-9(13)10(15-8-16-11)14-6-12(2,3)7-17/h8,17H,4-7,13H2,1-3H3,(H,14,15,16). The number of aliphatic hydroxyl groups excluding tert-OH is 1. The first-order chi connectivity index (χ1) is 8.50. The molecule has 1 heterocycles. The molecule has 0 unspecified atom stereocenters. The van der Waals surface area contributed by atoms with Crippen LogP contribution in [0.15, 0.2) is 6.33 Å². The lowest BCUT2D eigenvalue weighted by atomic mass is 9.95. The maximum Gasteiger partial charge on any atom is 0.242 e. The molecule has 102 valence electrons. The number of nitrogens with one attached hydrogen (secondary N) is 1. The summed E-state index contributed by atoms with van der Waals surface area (Å²) in [5.74, 6) is 0.939. The molecule has 0 bridgehead atoms. The Hall–Kier alpha value is -1.56. The number of anilines is 2. The third-order valence-corrected chi connectivity index (χ3v) is 2.45. The minimum absolute atomic E-state index is 0.0875. The molecule has 0 saturated heterocycles. The van der Waals surface area contributed by atoms with Crippen LogP contribution < -0.4 is 15.8 Å². The Morgan fingerprint density at radius 2 is 2.17 bits per heavy atom. The van der Waals surface area contributed by atoms with Crippen LogP contribution in [0.3, 0.4) is 0 Å². The van der Waals surface area contributed by atoms with Crippen molar-refractivity contribution < 1.29 is 9.84 Å². The van der Waals surface area contributed by atoms with Crippen molar-refractivity contribution in [2.45, 2.75) is 27.2 Å². The molecule has 0 amide bonds. The van der Waals surface area contributed by atoms with E-state index in [1.54, 1.807) is 0 Å². The largest absolute Gasteiger partial charge is 0.476 e. The molecule has 1 aromatic heterocycles. The zero-order valence-corrected chi connectivity index (χ0v) is 11.2. The zero-order chi connectivity index (χ0) is 13.6. The lowest BCUT2D eigenvalue weighted by molar-refractivity contribution is 0.170. The minimum Gasteiger partial charge on any atom is -0.476 e. The van der Waals surface area contributed by atoms with Crippen LogP contribution in [-0.4, -0.2) is 34.8 Å². The molecule has 0 aliphatic heterocycles. The van der Waals surface area contributed by atoms with Crippen molar-refractivity contribution in [3.8, 4) is 5.88 Å². The highest BCUT2D eigenvalue weighted by atomic mass is 16.5. The van der Waals surface area contributed by atoms with Crippen LogP contribution in [0.2, 0.25) is 0 Å². The second-order valence-electron chi connectivity index (χ2n) is 4.97. The normalized spacial score (nSPS) is 11.3. The first kappa shape index (κ1) is 14.5. The van der Waals surface area contributed by atoms with E-state index >= 15 is 0 Å². The maximum atomic E-state index is 9.18. The third-order valence-electron chi connectivity index (χ3n) is 2.45. The SMILES string of the molecule is CCCOc1ncnc(NCC(C)(C)CO)c1N. The Labute approximate surface area is 108 Å². The van der Waals surface area contributed by atoms with E-state index in [2.05, 4.69) is 15.3 Å². The van der Waals surface area contributed by atoms with Crippen molar-refractivity contribution in [1.29, 1.82) is 0 Å². The number of aromatic nitrogens is 2. The summed E-state index contributed by atoms with van der Waals surface area (Å²) >= 11 is 0. The molecular formula is C12H22N4O2. The molecule has 0 saturated carbocycles. The number of hydrogen-bond acceptors (Lipinski definition) is 6. The Morgan fingerprint density at radius 1 is 1.44 bits per heavy atom. The van der Waals surface area contributed by atoms with Crippen molar-refractivity contribution in [2.24, 2.45) is 5.41 Å². The summed E-state index contributed by atoms with van der Waals surface area (Å²) in [6.07, 6.45) is 2.30. The predicted molar refractivity (Wildman–Crippen MR) is 71.6 cm³/mol. The Morgan fingerprint density at radius 3 is 2.78 bits per heavy atom. The van der Waals surface area contributed by atoms with E-state index in [0.29, 0.717) is 30.5 Å². The van der Waals surface area contributed by atoms with Crippen LogP contribution in [0.1, 0.15) is 27.2 Å². The highest BCUT2D eigenvalue weighted by Crippen LogP contribution is 2.25. The van der Waals surface area contributed by atoms with Gasteiger partial charge in [-0.25, -0.2) is 4.98 Å². The van der Waals surface area contributed by atoms with Crippen LogP contribution in [0.4, 0.5) is 11.5 Å². The van der Waals surface area contributed by atoms with Crippen molar-refractivity contribution >= 4 is 11.5 Å². The number of aliphatic hydroxyl groups is 1. The fourth-order valence-electron chi connectivity index (χ4n) is 1.21. The smallest absolute Gasteiger partial charge is 0.242 e. The van der Waals surface area contributed by atoms with Gasteiger partial charge in [-0.05, 0) is 6.42 Å². The van der Waals surface area contributed by atoms with Crippen LogP contribution in [0.5, 0.6) is 5.88 Å². The average Bonchev–Trinajstić information content (AvgIpc) is 2.36. The van der Waals surface area contributed by atoms with E-state index in [9.17, 15) is 5.11 Å². The topological polar surface area (TPSA) is 93.3 Å². The summed E-state index contributed by atoms with van der Waals surface area (Å²) in [6, 6.07) is 0. The number of nitrogens with zero attached hydrogens (tertiary/aromatic N) is 2. The van der Waals surface area contributed by atoms with Gasteiger partial charge in [0, 0.05) is 18.6 Å². The fourth-order valence-corrected chi connectivity index (χ4v) is 1.21. The highest BCUT2D eigenvalue weighted by molar-refractivity contribution is 5.66. The lowest BCUT2D eigenvalue weighted by Gasteiger charge is -2.22. The first-order valence-electron chi connectivity index (χ1n) is 6.08. The number of nitrogens with two attached hydrogens (primary N) is 1. The van der Waals surface area contributed by atoms with E-state index < -0.39 is 0 Å². The monoisotopic (exact) mass is 254 g/mol. The predicted octanol–water partition coefficient (Wildman–Crippen LogP) is 1.28. The first-order valence-corrected chi connectivity index (χ1v) is 6.08. The molecule has 0 radical (unpaired) electrons. The lowest BCUT2D eigenvalue weighted by Crippen LogP contribution is -2.27.